The lowest BCUT2D eigenvalue weighted by molar-refractivity contribution is -0.147. The van der Waals surface area contributed by atoms with E-state index in [1.165, 1.54) is 24.5 Å². The van der Waals surface area contributed by atoms with Crippen LogP contribution in [0.3, 0.4) is 0 Å². The molecule has 0 spiro atoms. The summed E-state index contributed by atoms with van der Waals surface area (Å²) >= 11 is 1.31. The smallest absolute Gasteiger partial charge is 0.310 e. The van der Waals surface area contributed by atoms with Gasteiger partial charge < -0.3 is 9.84 Å². The highest BCUT2D eigenvalue weighted by Gasteiger charge is 2.40. The summed E-state index contributed by atoms with van der Waals surface area (Å²) in [4.78, 5) is 30.1. The number of ether oxygens (including phenoxy) is 1. The van der Waals surface area contributed by atoms with Gasteiger partial charge in [0.2, 0.25) is 0 Å². The molecule has 0 radical (unpaired) electrons. The molecule has 0 fully saturated rings. The maximum atomic E-state index is 12.4. The van der Waals surface area contributed by atoms with Crippen LogP contribution in [0.25, 0.3) is 0 Å². The van der Waals surface area contributed by atoms with Crippen LogP contribution in [0, 0.1) is 12.3 Å². The van der Waals surface area contributed by atoms with Crippen LogP contribution < -0.4 is 4.74 Å². The predicted octanol–water partition coefficient (Wildman–Crippen LogP) is 6.59. The molecule has 2 unspecified atom stereocenters. The molecule has 204 valence electrons. The first-order chi connectivity index (χ1) is 17.9. The van der Waals surface area contributed by atoms with E-state index in [-0.39, 0.29) is 23.3 Å². The molecule has 38 heavy (non-hydrogen) atoms. The number of carboxylic acids is 1. The molecule has 3 heterocycles. The lowest BCUT2D eigenvalue weighted by Crippen LogP contribution is -2.35. The highest BCUT2D eigenvalue weighted by molar-refractivity contribution is 8.22. The quantitative estimate of drug-likeness (QED) is 0.265. The second-order valence-corrected chi connectivity index (χ2v) is 13.3. The summed E-state index contributed by atoms with van der Waals surface area (Å²) < 4.78 is 30.5. The number of carbonyl (C=O) groups excluding carboxylic acids is 1. The number of fused-ring (bicyclic) bond motifs is 1. The number of nitrogens with zero attached hydrogens (tertiary/aromatic N) is 2. The van der Waals surface area contributed by atoms with Crippen LogP contribution in [0.1, 0.15) is 71.3 Å². The minimum Gasteiger partial charge on any atom is -0.487 e. The second-order valence-electron chi connectivity index (χ2n) is 10.2. The van der Waals surface area contributed by atoms with Gasteiger partial charge in [0.05, 0.1) is 23.0 Å². The maximum absolute atomic E-state index is 12.4. The minimum atomic E-state index is -3.39. The third-order valence-electron chi connectivity index (χ3n) is 7.14. The molecule has 0 saturated heterocycles. The Morgan fingerprint density at radius 2 is 1.97 bits per heavy atom. The van der Waals surface area contributed by atoms with Crippen molar-refractivity contribution in [1.29, 1.82) is 0 Å². The van der Waals surface area contributed by atoms with Crippen molar-refractivity contribution in [2.75, 3.05) is 6.54 Å². The first-order valence-electron chi connectivity index (χ1n) is 12.4. The number of ketones is 1. The van der Waals surface area contributed by atoms with Crippen molar-refractivity contribution in [2.24, 2.45) is 5.41 Å². The lowest BCUT2D eigenvalue weighted by atomic mass is 9.73. The van der Waals surface area contributed by atoms with E-state index >= 15 is 0 Å². The van der Waals surface area contributed by atoms with Gasteiger partial charge in [0.25, 0.3) is 0 Å². The lowest BCUT2D eigenvalue weighted by Gasteiger charge is -2.42. The Morgan fingerprint density at radius 1 is 1.24 bits per heavy atom. The molecule has 8 nitrogen and oxygen atoms in total. The topological polar surface area (TPSA) is 120 Å². The van der Waals surface area contributed by atoms with Crippen LogP contribution in [0.4, 0.5) is 0 Å². The van der Waals surface area contributed by atoms with E-state index in [1.807, 2.05) is 38.1 Å². The largest absolute Gasteiger partial charge is 0.487 e. The molecule has 0 aliphatic carbocycles. The molecule has 10 heteroatoms. The van der Waals surface area contributed by atoms with Gasteiger partial charge >= 0.3 is 5.97 Å². The number of hydrogen-bond acceptors (Lipinski definition) is 8. The zero-order valence-corrected chi connectivity index (χ0v) is 23.8. The molecule has 2 aromatic heterocycles. The molecular weight excluding hydrogens is 524 g/mol. The van der Waals surface area contributed by atoms with Gasteiger partial charge in [0.1, 0.15) is 16.7 Å². The van der Waals surface area contributed by atoms with Crippen molar-refractivity contribution in [3.05, 3.63) is 75.2 Å². The third kappa shape index (κ3) is 5.37. The third-order valence-corrected chi connectivity index (χ3v) is 10.3. The maximum Gasteiger partial charge on any atom is 0.310 e. The average Bonchev–Trinajstić information content (AvgIpc) is 3.31. The van der Waals surface area contributed by atoms with Crippen molar-refractivity contribution in [3.8, 4) is 5.75 Å². The van der Waals surface area contributed by atoms with E-state index in [0.29, 0.717) is 23.6 Å². The van der Waals surface area contributed by atoms with E-state index in [0.717, 1.165) is 21.6 Å². The molecule has 4 rings (SSSR count). The zero-order valence-electron chi connectivity index (χ0n) is 22.2. The standard InChI is InChI=1S/C28H34N2O6S2/c1-6-21-16-30(38(34,35)25-14-29-12-11-22(25)36-21)15-20-13-19(8-7-17(20)2)26(28(4,5)27(32)33)24-10-9-23(37-24)18(3)31/h7-14,21,26,34-35H,6,15-16H2,1-5H3,(H,32,33). The summed E-state index contributed by atoms with van der Waals surface area (Å²) in [6, 6.07) is 11.0. The zero-order chi connectivity index (χ0) is 27.8. The van der Waals surface area contributed by atoms with Gasteiger partial charge in [-0.25, -0.2) is 0 Å². The molecule has 1 aliphatic rings. The van der Waals surface area contributed by atoms with Gasteiger partial charge in [0.15, 0.2) is 5.78 Å². The molecule has 2 atom stereocenters. The average molecular weight is 559 g/mol. The summed E-state index contributed by atoms with van der Waals surface area (Å²) in [5.41, 5.74) is 1.41. The fraction of sp³-hybridized carbons (Fsp3) is 0.393. The molecule has 0 amide bonds. The molecule has 3 N–H and O–H groups in total. The number of aryl methyl sites for hydroxylation is 1. The van der Waals surface area contributed by atoms with E-state index in [9.17, 15) is 23.8 Å². The minimum absolute atomic E-state index is 0.0634. The van der Waals surface area contributed by atoms with Crippen LogP contribution in [0.15, 0.2) is 53.7 Å². The number of rotatable bonds is 8. The van der Waals surface area contributed by atoms with Crippen molar-refractivity contribution in [2.45, 2.75) is 64.5 Å². The number of aromatic nitrogens is 1. The summed E-state index contributed by atoms with van der Waals surface area (Å²) in [6.07, 6.45) is 3.44. The van der Waals surface area contributed by atoms with Crippen molar-refractivity contribution in [1.82, 2.24) is 9.29 Å². The van der Waals surface area contributed by atoms with E-state index < -0.39 is 28.1 Å². The highest BCUT2D eigenvalue weighted by atomic mass is 32.3. The van der Waals surface area contributed by atoms with Crippen LogP contribution in [-0.2, 0) is 11.3 Å². The van der Waals surface area contributed by atoms with E-state index in [1.54, 1.807) is 36.5 Å². The number of benzene rings is 1. The number of Topliss-reactive ketones (excluding diaryl/α,β-unsaturated/α-hetero) is 1. The van der Waals surface area contributed by atoms with Gasteiger partial charge in [-0.2, -0.15) is 4.31 Å². The molecule has 1 aliphatic heterocycles. The Bertz CT molecular complexity index is 1350. The first kappa shape index (κ1) is 28.3. The Kier molecular flexibility index (Phi) is 8.02. The van der Waals surface area contributed by atoms with Crippen LogP contribution in [-0.4, -0.2) is 47.9 Å². The molecule has 0 bridgehead atoms. The highest BCUT2D eigenvalue weighted by Crippen LogP contribution is 2.57. The normalized spacial score (nSPS) is 19.1. The summed E-state index contributed by atoms with van der Waals surface area (Å²) in [5, 5.41) is 10.1. The van der Waals surface area contributed by atoms with Crippen molar-refractivity contribution in [3.63, 3.8) is 0 Å². The monoisotopic (exact) mass is 558 g/mol. The Morgan fingerprint density at radius 3 is 2.61 bits per heavy atom. The van der Waals surface area contributed by atoms with Crippen molar-refractivity contribution < 1.29 is 28.5 Å². The fourth-order valence-corrected chi connectivity index (χ4v) is 7.49. The number of carbonyl (C=O) groups is 2. The van der Waals surface area contributed by atoms with Gasteiger partial charge in [-0.1, -0.05) is 25.1 Å². The Balaban J connectivity index is 1.77. The number of carboxylic acid groups (broad SMARTS) is 1. The molecular formula is C28H34N2O6S2. The van der Waals surface area contributed by atoms with Gasteiger partial charge in [-0.15, -0.1) is 22.1 Å². The molecule has 1 aromatic carbocycles. The number of aliphatic carboxylic acids is 1. The summed E-state index contributed by atoms with van der Waals surface area (Å²) in [6.45, 7) is 9.32. The SMILES string of the molecule is CCC1CN(Cc2cc(C(c3ccc(C(C)=O)s3)C(C)(C)C(=O)O)ccc2C)S(O)(O)c2cnccc2O1. The van der Waals surface area contributed by atoms with Crippen molar-refractivity contribution >= 4 is 33.9 Å². The molecule has 3 aromatic rings. The molecule has 0 saturated carbocycles. The van der Waals surface area contributed by atoms with Gasteiger partial charge in [0, 0.05) is 29.6 Å². The summed E-state index contributed by atoms with van der Waals surface area (Å²) in [7, 11) is -3.39. The number of pyridine rings is 1. The van der Waals surface area contributed by atoms with Crippen LogP contribution >= 0.6 is 22.1 Å². The fourth-order valence-electron chi connectivity index (χ4n) is 4.71. The number of hydrogen-bond donors (Lipinski definition) is 3. The van der Waals surface area contributed by atoms with Gasteiger partial charge in [-0.05, 0) is 62.9 Å². The second kappa shape index (κ2) is 10.8. The predicted molar refractivity (Wildman–Crippen MR) is 149 cm³/mol. The summed E-state index contributed by atoms with van der Waals surface area (Å²) in [5.74, 6) is -1.11. The Hall–Kier alpha value is -2.76. The first-order valence-corrected chi connectivity index (χ1v) is 14.8. The Labute approximate surface area is 228 Å². The van der Waals surface area contributed by atoms with Gasteiger partial charge in [-0.3, -0.25) is 23.7 Å². The van der Waals surface area contributed by atoms with E-state index in [2.05, 4.69) is 4.98 Å². The number of thiophene rings is 1. The van der Waals surface area contributed by atoms with Crippen LogP contribution in [0.5, 0.6) is 5.75 Å². The van der Waals surface area contributed by atoms with Crippen LogP contribution in [0.2, 0.25) is 0 Å². The van der Waals surface area contributed by atoms with E-state index in [4.69, 9.17) is 4.74 Å².